The van der Waals surface area contributed by atoms with Gasteiger partial charge in [0.2, 0.25) is 0 Å². The summed E-state index contributed by atoms with van der Waals surface area (Å²) in [6, 6.07) is 20.7. The molecule has 4 aromatic rings. The van der Waals surface area contributed by atoms with Crippen LogP contribution in [0.5, 0.6) is 34.5 Å². The van der Waals surface area contributed by atoms with E-state index in [0.717, 1.165) is 10.8 Å². The number of phenols is 2. The van der Waals surface area contributed by atoms with Gasteiger partial charge in [0.25, 0.3) is 0 Å². The number of nitrogens with two attached hydrogens (primary N) is 2. The van der Waals surface area contributed by atoms with Crippen LogP contribution in [-0.4, -0.2) is 10.2 Å². The number of phenolic OH excluding ortho intramolecular Hbond substituents is 2. The molecule has 0 aliphatic heterocycles. The predicted molar refractivity (Wildman–Crippen MR) is 109 cm³/mol. The number of hydrogen-bond donors (Lipinski definition) is 4. The quantitative estimate of drug-likeness (QED) is 0.295. The monoisotopic (exact) mass is 374 g/mol. The Kier molecular flexibility index (Phi) is 4.29. The van der Waals surface area contributed by atoms with Gasteiger partial charge < -0.3 is 31.2 Å². The highest BCUT2D eigenvalue weighted by atomic mass is 16.5. The lowest BCUT2D eigenvalue weighted by atomic mass is 10.1. The number of hydrogen-bond acceptors (Lipinski definition) is 6. The van der Waals surface area contributed by atoms with E-state index < -0.39 is 0 Å². The summed E-state index contributed by atoms with van der Waals surface area (Å²) >= 11 is 0. The molecule has 6 nitrogen and oxygen atoms in total. The Morgan fingerprint density at radius 3 is 1.82 bits per heavy atom. The highest BCUT2D eigenvalue weighted by Crippen LogP contribution is 2.35. The maximum absolute atomic E-state index is 9.76. The second-order valence-electron chi connectivity index (χ2n) is 6.28. The molecule has 0 radical (unpaired) electrons. The molecule has 140 valence electrons. The number of aromatic hydroxyl groups is 2. The highest BCUT2D eigenvalue weighted by molar-refractivity contribution is 5.89. The standard InChI is InChI=1S/C22H18N2O4/c23-18-8-5-15(11-20(18)25)27-14-4-7-17-13(10-14)2-1-3-22(17)28-16-6-9-19(24)21(26)12-16/h1-12,25-26H,23-24H2. The van der Waals surface area contributed by atoms with Crippen LogP contribution in [0.1, 0.15) is 0 Å². The fourth-order valence-corrected chi connectivity index (χ4v) is 2.82. The summed E-state index contributed by atoms with van der Waals surface area (Å²) in [4.78, 5) is 0. The van der Waals surface area contributed by atoms with Gasteiger partial charge in [-0.15, -0.1) is 0 Å². The van der Waals surface area contributed by atoms with Crippen LogP contribution >= 0.6 is 0 Å². The van der Waals surface area contributed by atoms with Gasteiger partial charge in [-0.3, -0.25) is 0 Å². The molecule has 0 unspecified atom stereocenters. The van der Waals surface area contributed by atoms with E-state index >= 15 is 0 Å². The van der Waals surface area contributed by atoms with E-state index in [-0.39, 0.29) is 11.5 Å². The van der Waals surface area contributed by atoms with Crippen molar-refractivity contribution in [2.75, 3.05) is 11.5 Å². The molecule has 0 fully saturated rings. The van der Waals surface area contributed by atoms with Crippen LogP contribution in [0.4, 0.5) is 11.4 Å². The van der Waals surface area contributed by atoms with Crippen molar-refractivity contribution in [1.82, 2.24) is 0 Å². The molecule has 0 aromatic heterocycles. The zero-order valence-corrected chi connectivity index (χ0v) is 14.8. The van der Waals surface area contributed by atoms with Gasteiger partial charge in [0, 0.05) is 17.5 Å². The molecule has 4 aromatic carbocycles. The summed E-state index contributed by atoms with van der Waals surface area (Å²) in [6.07, 6.45) is 0. The Bertz CT molecular complexity index is 1170. The SMILES string of the molecule is Nc1ccc(Oc2ccc3c(Oc4ccc(N)c(O)c4)cccc3c2)cc1O. The first-order valence-electron chi connectivity index (χ1n) is 8.55. The minimum atomic E-state index is -0.0276. The molecule has 0 saturated heterocycles. The number of benzene rings is 4. The molecule has 0 saturated carbocycles. The fourth-order valence-electron chi connectivity index (χ4n) is 2.82. The van der Waals surface area contributed by atoms with Gasteiger partial charge >= 0.3 is 0 Å². The van der Waals surface area contributed by atoms with Gasteiger partial charge in [-0.05, 0) is 53.9 Å². The van der Waals surface area contributed by atoms with E-state index in [2.05, 4.69) is 0 Å². The smallest absolute Gasteiger partial charge is 0.142 e. The number of anilines is 2. The second-order valence-corrected chi connectivity index (χ2v) is 6.28. The van der Waals surface area contributed by atoms with E-state index in [4.69, 9.17) is 20.9 Å². The number of fused-ring (bicyclic) bond motifs is 1. The van der Waals surface area contributed by atoms with Crippen molar-refractivity contribution < 1.29 is 19.7 Å². The summed E-state index contributed by atoms with van der Waals surface area (Å²) in [5.41, 5.74) is 11.8. The van der Waals surface area contributed by atoms with Gasteiger partial charge in [0.15, 0.2) is 0 Å². The Morgan fingerprint density at radius 2 is 1.18 bits per heavy atom. The molecular weight excluding hydrogens is 356 g/mol. The Hall–Kier alpha value is -4.06. The third kappa shape index (κ3) is 3.43. The van der Waals surface area contributed by atoms with E-state index in [1.807, 2.05) is 36.4 Å². The van der Waals surface area contributed by atoms with Crippen LogP contribution in [-0.2, 0) is 0 Å². The maximum Gasteiger partial charge on any atom is 0.142 e. The average Bonchev–Trinajstić information content (AvgIpc) is 2.68. The zero-order valence-electron chi connectivity index (χ0n) is 14.8. The fraction of sp³-hybridized carbons (Fsp3) is 0. The molecular formula is C22H18N2O4. The molecule has 28 heavy (non-hydrogen) atoms. The van der Waals surface area contributed by atoms with Crippen molar-refractivity contribution in [2.24, 2.45) is 0 Å². The first-order chi connectivity index (χ1) is 13.5. The summed E-state index contributed by atoms with van der Waals surface area (Å²) in [6.45, 7) is 0. The lowest BCUT2D eigenvalue weighted by Gasteiger charge is -2.12. The number of rotatable bonds is 4. The third-order valence-corrected chi connectivity index (χ3v) is 4.28. The molecule has 6 heteroatoms. The lowest BCUT2D eigenvalue weighted by molar-refractivity contribution is 0.457. The van der Waals surface area contributed by atoms with E-state index in [9.17, 15) is 10.2 Å². The predicted octanol–water partition coefficient (Wildman–Crippen LogP) is 5.00. The van der Waals surface area contributed by atoms with Gasteiger partial charge in [0.1, 0.15) is 34.5 Å². The largest absolute Gasteiger partial charge is 0.506 e. The van der Waals surface area contributed by atoms with E-state index in [0.29, 0.717) is 34.4 Å². The Balaban J connectivity index is 1.63. The van der Waals surface area contributed by atoms with E-state index in [1.165, 1.54) is 12.1 Å². The molecule has 0 amide bonds. The second kappa shape index (κ2) is 6.92. The van der Waals surface area contributed by atoms with Crippen molar-refractivity contribution in [3.8, 4) is 34.5 Å². The number of nitrogen functional groups attached to an aromatic ring is 2. The van der Waals surface area contributed by atoms with Gasteiger partial charge in [-0.2, -0.15) is 0 Å². The zero-order chi connectivity index (χ0) is 19.7. The highest BCUT2D eigenvalue weighted by Gasteiger charge is 2.08. The first kappa shape index (κ1) is 17.4. The van der Waals surface area contributed by atoms with Gasteiger partial charge in [0.05, 0.1) is 11.4 Å². The molecule has 0 aliphatic carbocycles. The van der Waals surface area contributed by atoms with Crippen LogP contribution in [0, 0.1) is 0 Å². The summed E-state index contributed by atoms with van der Waals surface area (Å²) in [5.74, 6) is 2.16. The van der Waals surface area contributed by atoms with Crippen molar-refractivity contribution in [3.05, 3.63) is 72.8 Å². The van der Waals surface area contributed by atoms with Gasteiger partial charge in [-0.25, -0.2) is 0 Å². The van der Waals surface area contributed by atoms with Gasteiger partial charge in [-0.1, -0.05) is 12.1 Å². The normalized spacial score (nSPS) is 10.7. The molecule has 0 atom stereocenters. The average molecular weight is 374 g/mol. The topological polar surface area (TPSA) is 111 Å². The Morgan fingerprint density at radius 1 is 0.607 bits per heavy atom. The first-order valence-corrected chi connectivity index (χ1v) is 8.55. The minimum Gasteiger partial charge on any atom is -0.506 e. The molecule has 0 heterocycles. The van der Waals surface area contributed by atoms with Crippen molar-refractivity contribution >= 4 is 22.1 Å². The lowest BCUT2D eigenvalue weighted by Crippen LogP contribution is -1.90. The molecule has 6 N–H and O–H groups in total. The minimum absolute atomic E-state index is 0.0271. The van der Waals surface area contributed by atoms with Crippen molar-refractivity contribution in [1.29, 1.82) is 0 Å². The third-order valence-electron chi connectivity index (χ3n) is 4.28. The van der Waals surface area contributed by atoms with Crippen LogP contribution in [0.15, 0.2) is 72.8 Å². The summed E-state index contributed by atoms with van der Waals surface area (Å²) in [5, 5.41) is 21.3. The molecule has 0 aliphatic rings. The summed E-state index contributed by atoms with van der Waals surface area (Å²) < 4.78 is 11.7. The van der Waals surface area contributed by atoms with Crippen molar-refractivity contribution in [3.63, 3.8) is 0 Å². The number of ether oxygens (including phenoxy) is 2. The Labute approximate surface area is 161 Å². The van der Waals surface area contributed by atoms with Crippen LogP contribution in [0.25, 0.3) is 10.8 Å². The van der Waals surface area contributed by atoms with Crippen LogP contribution in [0.3, 0.4) is 0 Å². The molecule has 0 bridgehead atoms. The molecule has 4 rings (SSSR count). The molecule has 0 spiro atoms. The van der Waals surface area contributed by atoms with Crippen molar-refractivity contribution in [2.45, 2.75) is 0 Å². The maximum atomic E-state index is 9.76. The van der Waals surface area contributed by atoms with Crippen LogP contribution < -0.4 is 20.9 Å². The summed E-state index contributed by atoms with van der Waals surface area (Å²) in [7, 11) is 0. The van der Waals surface area contributed by atoms with Crippen LogP contribution in [0.2, 0.25) is 0 Å². The van der Waals surface area contributed by atoms with E-state index in [1.54, 1.807) is 24.3 Å².